The summed E-state index contributed by atoms with van der Waals surface area (Å²) in [5.41, 5.74) is 2.02. The highest BCUT2D eigenvalue weighted by atomic mass is 19.1. The Morgan fingerprint density at radius 2 is 1.89 bits per heavy atom. The quantitative estimate of drug-likeness (QED) is 0.569. The van der Waals surface area contributed by atoms with Gasteiger partial charge in [-0.2, -0.15) is 5.10 Å². The first-order valence-electron chi connectivity index (χ1n) is 8.85. The SMILES string of the molecule is Cc1cc(C)n(-c2cc(NCCNC(=O)Nc3ccccc3F)nc(C)n2)n1. The van der Waals surface area contributed by atoms with Crippen molar-refractivity contribution in [1.82, 2.24) is 25.1 Å². The van der Waals surface area contributed by atoms with Gasteiger partial charge in [0.15, 0.2) is 5.82 Å². The van der Waals surface area contributed by atoms with Crippen LogP contribution in [-0.4, -0.2) is 38.9 Å². The van der Waals surface area contributed by atoms with Crippen LogP contribution in [0.1, 0.15) is 17.2 Å². The highest BCUT2D eigenvalue weighted by molar-refractivity contribution is 5.89. The standard InChI is InChI=1S/C19H22FN7O/c1-12-10-13(2)27(26-12)18-11-17(23-14(3)24-18)21-8-9-22-19(28)25-16-7-5-4-6-15(16)20/h4-7,10-11H,8-9H2,1-3H3,(H,21,23,24)(H2,22,25,28). The lowest BCUT2D eigenvalue weighted by Gasteiger charge is -2.11. The molecule has 2 amide bonds. The van der Waals surface area contributed by atoms with Gasteiger partial charge >= 0.3 is 6.03 Å². The van der Waals surface area contributed by atoms with Crippen LogP contribution in [0.3, 0.4) is 0 Å². The summed E-state index contributed by atoms with van der Waals surface area (Å²) in [4.78, 5) is 20.6. The first kappa shape index (κ1) is 19.3. The largest absolute Gasteiger partial charge is 0.368 e. The summed E-state index contributed by atoms with van der Waals surface area (Å²) in [5, 5.41) is 12.7. The van der Waals surface area contributed by atoms with Crippen molar-refractivity contribution in [1.29, 1.82) is 0 Å². The molecule has 2 heterocycles. The second-order valence-corrected chi connectivity index (χ2v) is 6.29. The van der Waals surface area contributed by atoms with Crippen molar-refractivity contribution >= 4 is 17.5 Å². The van der Waals surface area contributed by atoms with E-state index in [0.29, 0.717) is 30.5 Å². The number of aryl methyl sites for hydroxylation is 3. The number of amides is 2. The minimum Gasteiger partial charge on any atom is -0.368 e. The van der Waals surface area contributed by atoms with Crippen LogP contribution in [0.4, 0.5) is 20.7 Å². The van der Waals surface area contributed by atoms with E-state index in [1.165, 1.54) is 12.1 Å². The predicted octanol–water partition coefficient (Wildman–Crippen LogP) is 2.96. The molecule has 0 saturated heterocycles. The number of aromatic nitrogens is 4. The summed E-state index contributed by atoms with van der Waals surface area (Å²) in [6.45, 7) is 6.47. The van der Waals surface area contributed by atoms with Crippen LogP contribution in [0, 0.1) is 26.6 Å². The monoisotopic (exact) mass is 383 g/mol. The Morgan fingerprint density at radius 3 is 2.61 bits per heavy atom. The number of halogens is 1. The van der Waals surface area contributed by atoms with Gasteiger partial charge < -0.3 is 16.0 Å². The molecule has 28 heavy (non-hydrogen) atoms. The summed E-state index contributed by atoms with van der Waals surface area (Å²) in [6, 6.07) is 9.29. The molecule has 0 aliphatic heterocycles. The summed E-state index contributed by atoms with van der Waals surface area (Å²) in [7, 11) is 0. The lowest BCUT2D eigenvalue weighted by Crippen LogP contribution is -2.33. The van der Waals surface area contributed by atoms with Gasteiger partial charge in [0, 0.05) is 24.8 Å². The van der Waals surface area contributed by atoms with Crippen molar-refractivity contribution < 1.29 is 9.18 Å². The Balaban J connectivity index is 1.54. The van der Waals surface area contributed by atoms with Crippen LogP contribution in [0.15, 0.2) is 36.4 Å². The fourth-order valence-electron chi connectivity index (χ4n) is 2.71. The normalized spacial score (nSPS) is 10.6. The summed E-state index contributed by atoms with van der Waals surface area (Å²) in [5.74, 6) is 1.43. The Bertz CT molecular complexity index is 986. The van der Waals surface area contributed by atoms with Crippen molar-refractivity contribution in [2.45, 2.75) is 20.8 Å². The minimum absolute atomic E-state index is 0.133. The molecule has 0 spiro atoms. The van der Waals surface area contributed by atoms with E-state index >= 15 is 0 Å². The van der Waals surface area contributed by atoms with E-state index in [4.69, 9.17) is 0 Å². The molecule has 0 atom stereocenters. The third-order valence-corrected chi connectivity index (χ3v) is 3.89. The van der Waals surface area contributed by atoms with Crippen molar-refractivity contribution in [3.63, 3.8) is 0 Å². The van der Waals surface area contributed by atoms with E-state index in [1.54, 1.807) is 29.8 Å². The number of carbonyl (C=O) groups excluding carboxylic acids is 1. The Kier molecular flexibility index (Phi) is 5.83. The topological polar surface area (TPSA) is 96.8 Å². The number of nitrogens with one attached hydrogen (secondary N) is 3. The second-order valence-electron chi connectivity index (χ2n) is 6.29. The van der Waals surface area contributed by atoms with Crippen LogP contribution >= 0.6 is 0 Å². The smallest absolute Gasteiger partial charge is 0.319 e. The zero-order valence-corrected chi connectivity index (χ0v) is 16.0. The van der Waals surface area contributed by atoms with Gasteiger partial charge in [0.25, 0.3) is 0 Å². The van der Waals surface area contributed by atoms with Gasteiger partial charge in [-0.3, -0.25) is 0 Å². The maximum Gasteiger partial charge on any atom is 0.319 e. The number of nitrogens with zero attached hydrogens (tertiary/aromatic N) is 4. The average molecular weight is 383 g/mol. The summed E-state index contributed by atoms with van der Waals surface area (Å²) >= 11 is 0. The second kappa shape index (κ2) is 8.47. The van der Waals surface area contributed by atoms with Crippen molar-refractivity contribution in [3.05, 3.63) is 59.4 Å². The van der Waals surface area contributed by atoms with E-state index in [2.05, 4.69) is 31.0 Å². The van der Waals surface area contributed by atoms with Gasteiger partial charge in [-0.15, -0.1) is 0 Å². The Hall–Kier alpha value is -3.49. The zero-order valence-electron chi connectivity index (χ0n) is 16.0. The number of benzene rings is 1. The molecular weight excluding hydrogens is 361 g/mol. The Morgan fingerprint density at radius 1 is 1.11 bits per heavy atom. The molecule has 0 bridgehead atoms. The number of hydrogen-bond acceptors (Lipinski definition) is 5. The maximum atomic E-state index is 13.5. The molecule has 9 heteroatoms. The van der Waals surface area contributed by atoms with E-state index < -0.39 is 11.8 Å². The number of para-hydroxylation sites is 1. The van der Waals surface area contributed by atoms with Gasteiger partial charge in [0.2, 0.25) is 0 Å². The molecule has 0 saturated carbocycles. The molecule has 0 unspecified atom stereocenters. The average Bonchev–Trinajstić information content (AvgIpc) is 2.98. The highest BCUT2D eigenvalue weighted by Gasteiger charge is 2.09. The molecule has 0 radical (unpaired) electrons. The molecule has 3 rings (SSSR count). The first-order valence-corrected chi connectivity index (χ1v) is 8.85. The summed E-state index contributed by atoms with van der Waals surface area (Å²) < 4.78 is 15.3. The molecule has 8 nitrogen and oxygen atoms in total. The van der Waals surface area contributed by atoms with Crippen LogP contribution in [-0.2, 0) is 0 Å². The molecule has 1 aromatic carbocycles. The lowest BCUT2D eigenvalue weighted by atomic mass is 10.3. The van der Waals surface area contributed by atoms with Crippen LogP contribution in [0.5, 0.6) is 0 Å². The third-order valence-electron chi connectivity index (χ3n) is 3.89. The van der Waals surface area contributed by atoms with Crippen molar-refractivity contribution in [3.8, 4) is 5.82 Å². The van der Waals surface area contributed by atoms with Crippen molar-refractivity contribution in [2.24, 2.45) is 0 Å². The van der Waals surface area contributed by atoms with Crippen molar-refractivity contribution in [2.75, 3.05) is 23.7 Å². The molecule has 3 aromatic rings. The predicted molar refractivity (Wildman–Crippen MR) is 105 cm³/mol. The fourth-order valence-corrected chi connectivity index (χ4v) is 2.71. The molecule has 2 aromatic heterocycles. The summed E-state index contributed by atoms with van der Waals surface area (Å²) in [6.07, 6.45) is 0. The number of carbonyl (C=O) groups is 1. The Labute approximate surface area is 162 Å². The molecular formula is C19H22FN7O. The van der Waals surface area contributed by atoms with Gasteiger partial charge in [-0.1, -0.05) is 12.1 Å². The molecule has 0 aliphatic carbocycles. The van der Waals surface area contributed by atoms with Crippen LogP contribution in [0.25, 0.3) is 5.82 Å². The fraction of sp³-hybridized carbons (Fsp3) is 0.263. The first-order chi connectivity index (χ1) is 13.4. The van der Waals surface area contributed by atoms with E-state index in [9.17, 15) is 9.18 Å². The lowest BCUT2D eigenvalue weighted by molar-refractivity contribution is 0.252. The number of urea groups is 1. The van der Waals surface area contributed by atoms with Gasteiger partial charge in [-0.05, 0) is 39.0 Å². The molecule has 0 fully saturated rings. The number of hydrogen-bond donors (Lipinski definition) is 3. The minimum atomic E-state index is -0.482. The number of rotatable bonds is 6. The van der Waals surface area contributed by atoms with Crippen LogP contribution < -0.4 is 16.0 Å². The van der Waals surface area contributed by atoms with E-state index in [0.717, 1.165) is 11.4 Å². The molecule has 146 valence electrons. The van der Waals surface area contributed by atoms with Gasteiger partial charge in [-0.25, -0.2) is 23.8 Å². The van der Waals surface area contributed by atoms with Gasteiger partial charge in [0.1, 0.15) is 17.5 Å². The number of anilines is 2. The molecule has 0 aliphatic rings. The van der Waals surface area contributed by atoms with E-state index in [1.807, 2.05) is 19.9 Å². The van der Waals surface area contributed by atoms with E-state index in [-0.39, 0.29) is 5.69 Å². The van der Waals surface area contributed by atoms with Gasteiger partial charge in [0.05, 0.1) is 11.4 Å². The third kappa shape index (κ3) is 4.81. The van der Waals surface area contributed by atoms with Crippen LogP contribution in [0.2, 0.25) is 0 Å². The highest BCUT2D eigenvalue weighted by Crippen LogP contribution is 2.14. The maximum absolute atomic E-state index is 13.5. The molecule has 3 N–H and O–H groups in total. The zero-order chi connectivity index (χ0) is 20.1.